The van der Waals surface area contributed by atoms with E-state index in [1.807, 2.05) is 30.3 Å². The molecule has 0 unspecified atom stereocenters. The number of aliphatic hydroxyl groups excluding tert-OH is 1. The van der Waals surface area contributed by atoms with E-state index in [4.69, 9.17) is 0 Å². The first kappa shape index (κ1) is 19.7. The van der Waals surface area contributed by atoms with Gasteiger partial charge in [-0.2, -0.15) is 0 Å². The van der Waals surface area contributed by atoms with E-state index in [0.29, 0.717) is 22.4 Å². The molecule has 5 heteroatoms. The lowest BCUT2D eigenvalue weighted by molar-refractivity contribution is 0.0697. The quantitative estimate of drug-likeness (QED) is 0.414. The molecular weight excluding hydrogens is 402 g/mol. The summed E-state index contributed by atoms with van der Waals surface area (Å²) in [4.78, 5) is 24.8. The van der Waals surface area contributed by atoms with Crippen molar-refractivity contribution >= 4 is 17.6 Å². The van der Waals surface area contributed by atoms with Crippen LogP contribution in [-0.4, -0.2) is 22.1 Å². The number of fused-ring (bicyclic) bond motifs is 3. The standard InChI is InChI=1S/C27H19NO4/c29-25-21-10-4-1-7-17(21)20-14-13-16(15-24(20)25)28-26(30)22-11-5-2-8-18(22)19-9-3-6-12-23(19)27(31)32/h1-15,25,29H,(H,28,30)(H,31,32)/t25-/m1/s1. The number of carbonyl (C=O) groups is 2. The number of amides is 1. The van der Waals surface area contributed by atoms with Gasteiger partial charge >= 0.3 is 5.97 Å². The molecule has 0 heterocycles. The summed E-state index contributed by atoms with van der Waals surface area (Å²) in [6, 6.07) is 26.7. The van der Waals surface area contributed by atoms with Gasteiger partial charge in [-0.25, -0.2) is 4.79 Å². The van der Waals surface area contributed by atoms with Crippen LogP contribution in [0.25, 0.3) is 22.3 Å². The molecule has 0 fully saturated rings. The van der Waals surface area contributed by atoms with Gasteiger partial charge in [0.15, 0.2) is 0 Å². The van der Waals surface area contributed by atoms with Crippen molar-refractivity contribution in [3.8, 4) is 22.3 Å². The summed E-state index contributed by atoms with van der Waals surface area (Å²) < 4.78 is 0. The van der Waals surface area contributed by atoms with Crippen molar-refractivity contribution < 1.29 is 19.8 Å². The third-order valence-electron chi connectivity index (χ3n) is 5.77. The van der Waals surface area contributed by atoms with Gasteiger partial charge in [0.2, 0.25) is 0 Å². The average Bonchev–Trinajstić information content (AvgIpc) is 3.11. The maximum absolute atomic E-state index is 13.2. The number of carboxylic acid groups (broad SMARTS) is 1. The molecule has 0 aliphatic heterocycles. The first-order valence-electron chi connectivity index (χ1n) is 10.2. The van der Waals surface area contributed by atoms with Crippen molar-refractivity contribution in [3.63, 3.8) is 0 Å². The van der Waals surface area contributed by atoms with Crippen LogP contribution in [0.4, 0.5) is 5.69 Å². The monoisotopic (exact) mass is 421 g/mol. The Balaban J connectivity index is 1.49. The minimum absolute atomic E-state index is 0.131. The van der Waals surface area contributed by atoms with E-state index in [0.717, 1.165) is 22.3 Å². The summed E-state index contributed by atoms with van der Waals surface area (Å²) >= 11 is 0. The molecule has 1 atom stereocenters. The summed E-state index contributed by atoms with van der Waals surface area (Å²) in [5.74, 6) is -1.41. The molecule has 1 aliphatic rings. The highest BCUT2D eigenvalue weighted by atomic mass is 16.4. The number of hydrogen-bond donors (Lipinski definition) is 3. The summed E-state index contributed by atoms with van der Waals surface area (Å²) in [6.07, 6.45) is -0.743. The number of nitrogens with one attached hydrogen (secondary N) is 1. The van der Waals surface area contributed by atoms with Gasteiger partial charge in [-0.1, -0.05) is 66.7 Å². The van der Waals surface area contributed by atoms with Crippen LogP contribution in [-0.2, 0) is 0 Å². The van der Waals surface area contributed by atoms with Crippen molar-refractivity contribution in [1.29, 1.82) is 0 Å². The van der Waals surface area contributed by atoms with Crippen LogP contribution in [0, 0.1) is 0 Å². The molecule has 4 aromatic carbocycles. The van der Waals surface area contributed by atoms with E-state index >= 15 is 0 Å². The third-order valence-corrected chi connectivity index (χ3v) is 5.77. The fourth-order valence-electron chi connectivity index (χ4n) is 4.28. The second-order valence-electron chi connectivity index (χ2n) is 7.64. The van der Waals surface area contributed by atoms with Crippen LogP contribution in [0.3, 0.4) is 0 Å². The number of anilines is 1. The minimum Gasteiger partial charge on any atom is -0.478 e. The molecule has 0 radical (unpaired) electrons. The molecule has 3 N–H and O–H groups in total. The summed E-state index contributed by atoms with van der Waals surface area (Å²) in [7, 11) is 0. The molecule has 0 saturated heterocycles. The molecule has 1 amide bonds. The van der Waals surface area contributed by atoms with Crippen molar-refractivity contribution in [2.24, 2.45) is 0 Å². The van der Waals surface area contributed by atoms with Crippen molar-refractivity contribution in [2.75, 3.05) is 5.32 Å². The van der Waals surface area contributed by atoms with Crippen LogP contribution in [0.2, 0.25) is 0 Å². The SMILES string of the molecule is O=C(O)c1ccccc1-c1ccccc1C(=O)Nc1ccc2c(c1)[C@H](O)c1ccccc1-2. The van der Waals surface area contributed by atoms with Gasteiger partial charge in [0.05, 0.1) is 5.56 Å². The second-order valence-corrected chi connectivity index (χ2v) is 7.64. The molecule has 0 saturated carbocycles. The Morgan fingerprint density at radius 1 is 0.656 bits per heavy atom. The number of carboxylic acids is 1. The molecule has 1 aliphatic carbocycles. The predicted molar refractivity (Wildman–Crippen MR) is 123 cm³/mol. The minimum atomic E-state index is -1.05. The van der Waals surface area contributed by atoms with E-state index in [1.54, 1.807) is 54.6 Å². The fourth-order valence-corrected chi connectivity index (χ4v) is 4.28. The topological polar surface area (TPSA) is 86.6 Å². The Labute approximate surface area is 184 Å². The highest BCUT2D eigenvalue weighted by Gasteiger charge is 2.27. The zero-order valence-corrected chi connectivity index (χ0v) is 16.9. The van der Waals surface area contributed by atoms with Crippen LogP contribution in [0.15, 0.2) is 91.0 Å². The van der Waals surface area contributed by atoms with Crippen LogP contribution in [0.1, 0.15) is 37.9 Å². The van der Waals surface area contributed by atoms with Crippen LogP contribution in [0.5, 0.6) is 0 Å². The smallest absolute Gasteiger partial charge is 0.336 e. The fraction of sp³-hybridized carbons (Fsp3) is 0.0370. The number of aliphatic hydroxyl groups is 1. The van der Waals surface area contributed by atoms with Gasteiger partial charge in [0, 0.05) is 11.3 Å². The number of carbonyl (C=O) groups excluding carboxylic acids is 1. The van der Waals surface area contributed by atoms with E-state index < -0.39 is 12.1 Å². The van der Waals surface area contributed by atoms with Gasteiger partial charge < -0.3 is 15.5 Å². The third kappa shape index (κ3) is 3.25. The van der Waals surface area contributed by atoms with E-state index in [9.17, 15) is 19.8 Å². The van der Waals surface area contributed by atoms with Crippen LogP contribution < -0.4 is 5.32 Å². The maximum Gasteiger partial charge on any atom is 0.336 e. The van der Waals surface area contributed by atoms with Gasteiger partial charge in [-0.05, 0) is 57.6 Å². The number of rotatable bonds is 4. The normalized spacial score (nSPS) is 13.8. The van der Waals surface area contributed by atoms with Crippen molar-refractivity contribution in [2.45, 2.75) is 6.10 Å². The highest BCUT2D eigenvalue weighted by Crippen LogP contribution is 2.44. The summed E-state index contributed by atoms with van der Waals surface area (Å²) in [5.41, 5.74) is 5.60. The molecule has 5 rings (SSSR count). The van der Waals surface area contributed by atoms with Gasteiger partial charge in [0.25, 0.3) is 5.91 Å². The van der Waals surface area contributed by atoms with Gasteiger partial charge in [-0.15, -0.1) is 0 Å². The average molecular weight is 421 g/mol. The Hall–Kier alpha value is -4.22. The van der Waals surface area contributed by atoms with Gasteiger partial charge in [-0.3, -0.25) is 4.79 Å². The zero-order valence-electron chi connectivity index (χ0n) is 16.9. The Bertz CT molecular complexity index is 1380. The lowest BCUT2D eigenvalue weighted by atomic mass is 9.95. The number of benzene rings is 4. The zero-order chi connectivity index (χ0) is 22.2. The highest BCUT2D eigenvalue weighted by molar-refractivity contribution is 6.10. The Morgan fingerprint density at radius 2 is 1.22 bits per heavy atom. The molecular formula is C27H19NO4. The van der Waals surface area contributed by atoms with E-state index in [2.05, 4.69) is 5.32 Å². The maximum atomic E-state index is 13.2. The van der Waals surface area contributed by atoms with Crippen molar-refractivity contribution in [1.82, 2.24) is 0 Å². The Morgan fingerprint density at radius 3 is 1.94 bits per heavy atom. The first-order valence-corrected chi connectivity index (χ1v) is 10.2. The molecule has 0 spiro atoms. The molecule has 0 bridgehead atoms. The number of hydrogen-bond acceptors (Lipinski definition) is 3. The summed E-state index contributed by atoms with van der Waals surface area (Å²) in [5, 5.41) is 23.2. The lowest BCUT2D eigenvalue weighted by Crippen LogP contribution is -2.14. The van der Waals surface area contributed by atoms with E-state index in [-0.39, 0.29) is 11.5 Å². The molecule has 156 valence electrons. The van der Waals surface area contributed by atoms with E-state index in [1.165, 1.54) is 6.07 Å². The predicted octanol–water partition coefficient (Wildman–Crippen LogP) is 5.37. The number of aromatic carboxylic acids is 1. The van der Waals surface area contributed by atoms with Crippen molar-refractivity contribution in [3.05, 3.63) is 113 Å². The Kier molecular flexibility index (Phi) is 4.81. The largest absolute Gasteiger partial charge is 0.478 e. The van der Waals surface area contributed by atoms with Crippen LogP contribution >= 0.6 is 0 Å². The second kappa shape index (κ2) is 7.80. The van der Waals surface area contributed by atoms with Gasteiger partial charge in [0.1, 0.15) is 6.10 Å². The molecule has 4 aromatic rings. The molecule has 5 nitrogen and oxygen atoms in total. The first-order chi connectivity index (χ1) is 15.5. The molecule has 32 heavy (non-hydrogen) atoms. The lowest BCUT2D eigenvalue weighted by Gasteiger charge is -2.13. The summed E-state index contributed by atoms with van der Waals surface area (Å²) in [6.45, 7) is 0. The molecule has 0 aromatic heterocycles.